The third kappa shape index (κ3) is 3.30. The standard InChI is InChI=1S/C18H15Cl2N3O/c1-10-7-17(21-2)23-16-6-4-12(9-13(10)16)22-18(24)11-3-5-14(19)15(20)8-11/h3-9H,1-2H3,(H,21,23)(H,22,24). The van der Waals surface area contributed by atoms with Gasteiger partial charge in [-0.3, -0.25) is 4.79 Å². The van der Waals surface area contributed by atoms with E-state index in [9.17, 15) is 4.79 Å². The lowest BCUT2D eigenvalue weighted by molar-refractivity contribution is 0.102. The molecular weight excluding hydrogens is 345 g/mol. The zero-order valence-electron chi connectivity index (χ0n) is 13.2. The first-order valence-corrected chi connectivity index (χ1v) is 8.09. The maximum absolute atomic E-state index is 12.4. The van der Waals surface area contributed by atoms with Crippen molar-refractivity contribution in [2.75, 3.05) is 17.7 Å². The van der Waals surface area contributed by atoms with Gasteiger partial charge in [-0.2, -0.15) is 0 Å². The Morgan fingerprint density at radius 2 is 1.83 bits per heavy atom. The summed E-state index contributed by atoms with van der Waals surface area (Å²) in [7, 11) is 1.83. The van der Waals surface area contributed by atoms with Gasteiger partial charge >= 0.3 is 0 Å². The summed E-state index contributed by atoms with van der Waals surface area (Å²) in [5.74, 6) is 0.568. The molecule has 0 aliphatic carbocycles. The first kappa shape index (κ1) is 16.6. The number of fused-ring (bicyclic) bond motifs is 1. The highest BCUT2D eigenvalue weighted by Crippen LogP contribution is 2.25. The van der Waals surface area contributed by atoms with Crippen LogP contribution >= 0.6 is 23.2 Å². The molecule has 0 aliphatic heterocycles. The summed E-state index contributed by atoms with van der Waals surface area (Å²) in [6.45, 7) is 2.01. The van der Waals surface area contributed by atoms with Crippen LogP contribution in [0.4, 0.5) is 11.5 Å². The largest absolute Gasteiger partial charge is 0.373 e. The number of carbonyl (C=O) groups excluding carboxylic acids is 1. The number of rotatable bonds is 3. The first-order chi connectivity index (χ1) is 11.5. The van der Waals surface area contributed by atoms with E-state index in [0.29, 0.717) is 21.3 Å². The third-order valence-electron chi connectivity index (χ3n) is 3.71. The van der Waals surface area contributed by atoms with Crippen LogP contribution in [0.25, 0.3) is 10.9 Å². The maximum atomic E-state index is 12.4. The van der Waals surface area contributed by atoms with Crippen LogP contribution in [0.15, 0.2) is 42.5 Å². The van der Waals surface area contributed by atoms with Crippen molar-refractivity contribution in [3.8, 4) is 0 Å². The Labute approximate surface area is 149 Å². The smallest absolute Gasteiger partial charge is 0.255 e. The van der Waals surface area contributed by atoms with E-state index >= 15 is 0 Å². The van der Waals surface area contributed by atoms with Crippen molar-refractivity contribution in [1.82, 2.24) is 4.98 Å². The normalized spacial score (nSPS) is 10.7. The summed E-state index contributed by atoms with van der Waals surface area (Å²) in [5, 5.41) is 7.66. The van der Waals surface area contributed by atoms with E-state index in [1.54, 1.807) is 18.2 Å². The number of hydrogen-bond donors (Lipinski definition) is 2. The van der Waals surface area contributed by atoms with Gasteiger partial charge in [0.15, 0.2) is 0 Å². The number of carbonyl (C=O) groups is 1. The number of hydrogen-bond acceptors (Lipinski definition) is 3. The average Bonchev–Trinajstić information content (AvgIpc) is 2.57. The van der Waals surface area contributed by atoms with Crippen molar-refractivity contribution in [2.24, 2.45) is 0 Å². The lowest BCUT2D eigenvalue weighted by Gasteiger charge is -2.10. The van der Waals surface area contributed by atoms with Gasteiger partial charge in [-0.1, -0.05) is 23.2 Å². The van der Waals surface area contributed by atoms with Crippen molar-refractivity contribution < 1.29 is 4.79 Å². The highest BCUT2D eigenvalue weighted by atomic mass is 35.5. The fourth-order valence-corrected chi connectivity index (χ4v) is 2.74. The monoisotopic (exact) mass is 359 g/mol. The Morgan fingerprint density at radius 3 is 2.54 bits per heavy atom. The lowest BCUT2D eigenvalue weighted by Crippen LogP contribution is -2.11. The summed E-state index contributed by atoms with van der Waals surface area (Å²) in [5.41, 5.74) is 3.09. The minimum absolute atomic E-state index is 0.245. The molecule has 3 aromatic rings. The van der Waals surface area contributed by atoms with Gasteiger partial charge in [-0.25, -0.2) is 4.98 Å². The summed E-state index contributed by atoms with van der Waals surface area (Å²) in [6, 6.07) is 12.4. The van der Waals surface area contributed by atoms with Gasteiger partial charge in [-0.05, 0) is 55.0 Å². The third-order valence-corrected chi connectivity index (χ3v) is 4.45. The second kappa shape index (κ2) is 6.67. The molecule has 3 rings (SSSR count). The van der Waals surface area contributed by atoms with Gasteiger partial charge in [0.2, 0.25) is 0 Å². The van der Waals surface area contributed by atoms with Crippen molar-refractivity contribution in [3.63, 3.8) is 0 Å². The van der Waals surface area contributed by atoms with Crippen LogP contribution in [0.1, 0.15) is 15.9 Å². The molecule has 6 heteroatoms. The number of halogens is 2. The first-order valence-electron chi connectivity index (χ1n) is 7.33. The predicted molar refractivity (Wildman–Crippen MR) is 100 cm³/mol. The number of aromatic nitrogens is 1. The predicted octanol–water partition coefficient (Wildman–Crippen LogP) is 5.14. The molecule has 1 aromatic heterocycles. The molecule has 0 atom stereocenters. The molecule has 1 amide bonds. The van der Waals surface area contributed by atoms with E-state index < -0.39 is 0 Å². The number of benzene rings is 2. The van der Waals surface area contributed by atoms with Crippen LogP contribution in [0.5, 0.6) is 0 Å². The number of nitrogens with zero attached hydrogens (tertiary/aromatic N) is 1. The summed E-state index contributed by atoms with van der Waals surface area (Å²) in [4.78, 5) is 16.9. The maximum Gasteiger partial charge on any atom is 0.255 e. The molecule has 2 aromatic carbocycles. The number of pyridine rings is 1. The Bertz CT molecular complexity index is 941. The second-order valence-electron chi connectivity index (χ2n) is 5.39. The molecule has 0 bridgehead atoms. The minimum Gasteiger partial charge on any atom is -0.373 e. The van der Waals surface area contributed by atoms with Crippen LogP contribution in [0.3, 0.4) is 0 Å². The molecule has 122 valence electrons. The molecule has 24 heavy (non-hydrogen) atoms. The molecule has 0 fully saturated rings. The molecule has 0 unspecified atom stereocenters. The number of aryl methyl sites for hydroxylation is 1. The van der Waals surface area contributed by atoms with Gasteiger partial charge < -0.3 is 10.6 Å². The summed E-state index contributed by atoms with van der Waals surface area (Å²) in [6.07, 6.45) is 0. The Hall–Kier alpha value is -2.30. The highest BCUT2D eigenvalue weighted by molar-refractivity contribution is 6.42. The van der Waals surface area contributed by atoms with Crippen LogP contribution in [-0.4, -0.2) is 17.9 Å². The molecular formula is C18H15Cl2N3O. The number of amides is 1. The molecule has 0 radical (unpaired) electrons. The van der Waals surface area contributed by atoms with Crippen LogP contribution in [-0.2, 0) is 0 Å². The molecule has 0 saturated carbocycles. The van der Waals surface area contributed by atoms with E-state index in [1.807, 2.05) is 38.2 Å². The Kier molecular flexibility index (Phi) is 4.60. The molecule has 0 spiro atoms. The van der Waals surface area contributed by atoms with Crippen molar-refractivity contribution in [3.05, 3.63) is 63.6 Å². The molecule has 1 heterocycles. The average molecular weight is 360 g/mol. The van der Waals surface area contributed by atoms with Gasteiger partial charge in [0, 0.05) is 23.7 Å². The zero-order chi connectivity index (χ0) is 17.3. The van der Waals surface area contributed by atoms with E-state index in [2.05, 4.69) is 15.6 Å². The van der Waals surface area contributed by atoms with E-state index in [-0.39, 0.29) is 5.91 Å². The summed E-state index contributed by atoms with van der Waals surface area (Å²) >= 11 is 11.8. The van der Waals surface area contributed by atoms with Gasteiger partial charge in [-0.15, -0.1) is 0 Å². The van der Waals surface area contributed by atoms with Crippen molar-refractivity contribution in [2.45, 2.75) is 6.92 Å². The lowest BCUT2D eigenvalue weighted by atomic mass is 10.1. The minimum atomic E-state index is -0.245. The fraction of sp³-hybridized carbons (Fsp3) is 0.111. The molecule has 4 nitrogen and oxygen atoms in total. The van der Waals surface area contributed by atoms with Crippen LogP contribution < -0.4 is 10.6 Å². The number of nitrogens with one attached hydrogen (secondary N) is 2. The van der Waals surface area contributed by atoms with Gasteiger partial charge in [0.05, 0.1) is 15.6 Å². The van der Waals surface area contributed by atoms with E-state index in [0.717, 1.165) is 22.3 Å². The Morgan fingerprint density at radius 1 is 1.04 bits per heavy atom. The fourth-order valence-electron chi connectivity index (χ4n) is 2.44. The van der Waals surface area contributed by atoms with Crippen molar-refractivity contribution in [1.29, 1.82) is 0 Å². The quantitative estimate of drug-likeness (QED) is 0.680. The molecule has 0 aliphatic rings. The second-order valence-corrected chi connectivity index (χ2v) is 6.20. The molecule has 2 N–H and O–H groups in total. The number of anilines is 2. The Balaban J connectivity index is 1.91. The van der Waals surface area contributed by atoms with Gasteiger partial charge in [0.25, 0.3) is 5.91 Å². The SMILES string of the molecule is CNc1cc(C)c2cc(NC(=O)c3ccc(Cl)c(Cl)c3)ccc2n1. The topological polar surface area (TPSA) is 54.0 Å². The highest BCUT2D eigenvalue weighted by Gasteiger charge is 2.10. The van der Waals surface area contributed by atoms with Gasteiger partial charge in [0.1, 0.15) is 5.82 Å². The zero-order valence-corrected chi connectivity index (χ0v) is 14.7. The van der Waals surface area contributed by atoms with Crippen molar-refractivity contribution >= 4 is 51.5 Å². The van der Waals surface area contributed by atoms with Crippen LogP contribution in [0.2, 0.25) is 10.0 Å². The van der Waals surface area contributed by atoms with E-state index in [4.69, 9.17) is 23.2 Å². The molecule has 0 saturated heterocycles. The van der Waals surface area contributed by atoms with Crippen LogP contribution in [0, 0.1) is 6.92 Å². The van der Waals surface area contributed by atoms with E-state index in [1.165, 1.54) is 0 Å². The summed E-state index contributed by atoms with van der Waals surface area (Å²) < 4.78 is 0.